The minimum Gasteiger partial charge on any atom is -0.484 e. The van der Waals surface area contributed by atoms with E-state index in [1.807, 2.05) is 0 Å². The largest absolute Gasteiger partial charge is 0.484 e. The maximum atomic E-state index is 12.6. The van der Waals surface area contributed by atoms with Crippen LogP contribution >= 0.6 is 0 Å². The molecule has 1 fully saturated rings. The molecule has 0 aromatic heterocycles. The summed E-state index contributed by atoms with van der Waals surface area (Å²) in [5.74, 6) is -0.475. The van der Waals surface area contributed by atoms with Gasteiger partial charge in [-0.1, -0.05) is 0 Å². The molecular weight excluding hydrogens is 349 g/mol. The minimum atomic E-state index is -4.47. The fourth-order valence-electron chi connectivity index (χ4n) is 2.46. The summed E-state index contributed by atoms with van der Waals surface area (Å²) in [4.78, 5) is 11.7. The molecule has 1 aromatic rings. The van der Waals surface area contributed by atoms with Gasteiger partial charge in [0.15, 0.2) is 6.61 Å². The number of ether oxygens (including phenoxy) is 1. The van der Waals surface area contributed by atoms with Crippen molar-refractivity contribution >= 4 is 15.9 Å². The zero-order chi connectivity index (χ0) is 18.0. The number of rotatable bonds is 5. The zero-order valence-corrected chi connectivity index (χ0v) is 13.7. The van der Waals surface area contributed by atoms with Gasteiger partial charge in [0.2, 0.25) is 15.9 Å². The van der Waals surface area contributed by atoms with Crippen LogP contribution in [0.25, 0.3) is 0 Å². The average molecular weight is 366 g/mol. The number of halogens is 3. The van der Waals surface area contributed by atoms with Crippen LogP contribution in [0.1, 0.15) is 12.8 Å². The molecule has 1 saturated heterocycles. The predicted octanol–water partition coefficient (Wildman–Crippen LogP) is 1.53. The molecule has 1 aromatic carbocycles. The van der Waals surface area contributed by atoms with E-state index in [0.29, 0.717) is 12.8 Å². The first-order valence-electron chi connectivity index (χ1n) is 7.18. The fourth-order valence-corrected chi connectivity index (χ4v) is 4.12. The Bertz CT molecular complexity index is 689. The van der Waals surface area contributed by atoms with E-state index < -0.39 is 28.8 Å². The number of sulfonamides is 1. The maximum absolute atomic E-state index is 12.6. The Morgan fingerprint density at radius 2 is 1.96 bits per heavy atom. The van der Waals surface area contributed by atoms with E-state index in [9.17, 15) is 26.4 Å². The molecule has 1 N–H and O–H groups in total. The number of nitrogens with one attached hydrogen (secondary N) is 1. The van der Waals surface area contributed by atoms with Crippen molar-refractivity contribution in [3.8, 4) is 5.75 Å². The highest BCUT2D eigenvalue weighted by Gasteiger charge is 2.39. The number of carbonyl (C=O) groups is 1. The second kappa shape index (κ2) is 6.98. The first-order chi connectivity index (χ1) is 11.1. The molecule has 0 bridgehead atoms. The van der Waals surface area contributed by atoms with Gasteiger partial charge in [-0.05, 0) is 37.1 Å². The molecule has 1 atom stereocenters. The quantitative estimate of drug-likeness (QED) is 0.858. The molecule has 6 nitrogen and oxygen atoms in total. The molecule has 0 saturated carbocycles. The van der Waals surface area contributed by atoms with Crippen molar-refractivity contribution in [1.29, 1.82) is 0 Å². The lowest BCUT2D eigenvalue weighted by atomic mass is 10.2. The van der Waals surface area contributed by atoms with E-state index in [1.165, 1.54) is 19.2 Å². The Balaban J connectivity index is 2.16. The highest BCUT2D eigenvalue weighted by atomic mass is 32.2. The monoisotopic (exact) mass is 366 g/mol. The lowest BCUT2D eigenvalue weighted by molar-refractivity contribution is -0.153. The molecule has 1 amide bonds. The summed E-state index contributed by atoms with van der Waals surface area (Å²) in [6.07, 6.45) is -3.49. The number of carbonyl (C=O) groups excluding carboxylic acids is 1. The molecule has 0 spiro atoms. The number of alkyl halides is 3. The molecule has 1 aliphatic heterocycles. The van der Waals surface area contributed by atoms with Crippen molar-refractivity contribution in [3.05, 3.63) is 24.3 Å². The Morgan fingerprint density at radius 3 is 2.50 bits per heavy atom. The summed E-state index contributed by atoms with van der Waals surface area (Å²) in [5, 5.41) is 2.43. The first kappa shape index (κ1) is 18.5. The van der Waals surface area contributed by atoms with Crippen LogP contribution in [0.2, 0.25) is 0 Å². The van der Waals surface area contributed by atoms with E-state index in [4.69, 9.17) is 0 Å². The Kier molecular flexibility index (Phi) is 5.38. The van der Waals surface area contributed by atoms with E-state index in [1.54, 1.807) is 0 Å². The van der Waals surface area contributed by atoms with Gasteiger partial charge in [0.1, 0.15) is 11.8 Å². The fraction of sp³-hybridized carbons (Fsp3) is 0.500. The normalized spacial score (nSPS) is 19.2. The summed E-state index contributed by atoms with van der Waals surface area (Å²) >= 11 is 0. The smallest absolute Gasteiger partial charge is 0.422 e. The minimum absolute atomic E-state index is 0.0875. The molecule has 0 radical (unpaired) electrons. The average Bonchev–Trinajstić information content (AvgIpc) is 3.02. The second-order valence-corrected chi connectivity index (χ2v) is 7.15. The third-order valence-corrected chi connectivity index (χ3v) is 5.51. The van der Waals surface area contributed by atoms with E-state index in [0.717, 1.165) is 16.4 Å². The van der Waals surface area contributed by atoms with Crippen molar-refractivity contribution in [1.82, 2.24) is 9.62 Å². The Hall–Kier alpha value is -1.81. The van der Waals surface area contributed by atoms with Crippen LogP contribution in [0.5, 0.6) is 5.75 Å². The van der Waals surface area contributed by atoms with Crippen LogP contribution in [0.15, 0.2) is 29.2 Å². The first-order valence-corrected chi connectivity index (χ1v) is 8.62. The van der Waals surface area contributed by atoms with Crippen molar-refractivity contribution < 1.29 is 31.1 Å². The van der Waals surface area contributed by atoms with Gasteiger partial charge < -0.3 is 10.1 Å². The highest BCUT2D eigenvalue weighted by molar-refractivity contribution is 7.89. The number of hydrogen-bond acceptors (Lipinski definition) is 4. The summed E-state index contributed by atoms with van der Waals surface area (Å²) in [6, 6.07) is 3.87. The summed E-state index contributed by atoms with van der Waals surface area (Å²) in [7, 11) is -2.48. The molecule has 0 aliphatic carbocycles. The molecular formula is C14H17F3N2O4S. The van der Waals surface area contributed by atoms with Crippen LogP contribution in [0.4, 0.5) is 13.2 Å². The van der Waals surface area contributed by atoms with Crippen LogP contribution in [0.3, 0.4) is 0 Å². The Labute approximate surface area is 137 Å². The van der Waals surface area contributed by atoms with Gasteiger partial charge in [0.25, 0.3) is 0 Å². The van der Waals surface area contributed by atoms with Crippen LogP contribution in [-0.2, 0) is 14.8 Å². The molecule has 24 heavy (non-hydrogen) atoms. The van der Waals surface area contributed by atoms with Crippen molar-refractivity contribution in [2.45, 2.75) is 30.0 Å². The third kappa shape index (κ3) is 4.18. The SMILES string of the molecule is CNC(=O)[C@H]1CCCN1S(=O)(=O)c1ccc(OCC(F)(F)F)cc1. The van der Waals surface area contributed by atoms with Gasteiger partial charge in [-0.3, -0.25) is 4.79 Å². The topological polar surface area (TPSA) is 75.7 Å². The predicted molar refractivity (Wildman–Crippen MR) is 79.0 cm³/mol. The van der Waals surface area contributed by atoms with Gasteiger partial charge in [-0.25, -0.2) is 8.42 Å². The third-order valence-electron chi connectivity index (χ3n) is 3.59. The van der Waals surface area contributed by atoms with Gasteiger partial charge in [-0.15, -0.1) is 0 Å². The standard InChI is InChI=1S/C14H17F3N2O4S/c1-18-13(20)12-3-2-8-19(12)24(21,22)11-6-4-10(5-7-11)23-9-14(15,16)17/h4-7,12H,2-3,8-9H2,1H3,(H,18,20)/t12-/m1/s1. The molecule has 1 heterocycles. The lowest BCUT2D eigenvalue weighted by Gasteiger charge is -2.22. The van der Waals surface area contributed by atoms with E-state index >= 15 is 0 Å². The maximum Gasteiger partial charge on any atom is 0.422 e. The van der Waals surface area contributed by atoms with Crippen molar-refractivity contribution in [2.24, 2.45) is 0 Å². The van der Waals surface area contributed by atoms with Gasteiger partial charge in [0.05, 0.1) is 4.90 Å². The lowest BCUT2D eigenvalue weighted by Crippen LogP contribution is -2.44. The van der Waals surface area contributed by atoms with Crippen LogP contribution in [0, 0.1) is 0 Å². The van der Waals surface area contributed by atoms with Gasteiger partial charge in [-0.2, -0.15) is 17.5 Å². The van der Waals surface area contributed by atoms with Crippen LogP contribution in [-0.4, -0.2) is 51.0 Å². The number of likely N-dealkylation sites (N-methyl/N-ethyl adjacent to an activating group) is 1. The summed E-state index contributed by atoms with van der Waals surface area (Å²) in [6.45, 7) is -1.24. The number of nitrogens with zero attached hydrogens (tertiary/aromatic N) is 1. The summed E-state index contributed by atoms with van der Waals surface area (Å²) < 4.78 is 67.2. The molecule has 2 rings (SSSR count). The molecule has 1 aliphatic rings. The Morgan fingerprint density at radius 1 is 1.33 bits per heavy atom. The number of benzene rings is 1. The molecule has 134 valence electrons. The zero-order valence-electron chi connectivity index (χ0n) is 12.8. The van der Waals surface area contributed by atoms with Crippen molar-refractivity contribution in [3.63, 3.8) is 0 Å². The summed E-state index contributed by atoms with van der Waals surface area (Å²) in [5.41, 5.74) is 0. The molecule has 10 heteroatoms. The number of hydrogen-bond donors (Lipinski definition) is 1. The van der Waals surface area contributed by atoms with Crippen LogP contribution < -0.4 is 10.1 Å². The molecule has 0 unspecified atom stereocenters. The van der Waals surface area contributed by atoms with Crippen molar-refractivity contribution in [2.75, 3.05) is 20.2 Å². The van der Waals surface area contributed by atoms with E-state index in [-0.39, 0.29) is 23.1 Å². The number of amides is 1. The van der Waals surface area contributed by atoms with Gasteiger partial charge >= 0.3 is 6.18 Å². The van der Waals surface area contributed by atoms with Gasteiger partial charge in [0, 0.05) is 13.6 Å². The second-order valence-electron chi connectivity index (χ2n) is 5.26. The highest BCUT2D eigenvalue weighted by Crippen LogP contribution is 2.27. The van der Waals surface area contributed by atoms with E-state index in [2.05, 4.69) is 10.1 Å².